The molecule has 5 heteroatoms. The molecular weight excluding hydrogens is 383 g/mol. The lowest BCUT2D eigenvalue weighted by Crippen LogP contribution is -2.49. The Morgan fingerprint density at radius 3 is 2.06 bits per heavy atom. The number of aromatic nitrogens is 2. The normalized spacial score (nSPS) is 12.2. The second-order valence-electron chi connectivity index (χ2n) is 8.71. The number of para-hydroxylation sites is 1. The number of rotatable bonds is 6. The van der Waals surface area contributed by atoms with Gasteiger partial charge in [0.05, 0.1) is 22.4 Å². The molecule has 4 aromatic rings. The lowest BCUT2D eigenvalue weighted by Gasteiger charge is -2.37. The summed E-state index contributed by atoms with van der Waals surface area (Å²) < 4.78 is 5.85. The third-order valence-corrected chi connectivity index (χ3v) is 5.78. The zero-order chi connectivity index (χ0) is 22.1. The number of benzene rings is 3. The molecule has 0 fully saturated rings. The van der Waals surface area contributed by atoms with Crippen molar-refractivity contribution in [1.82, 2.24) is 9.97 Å². The van der Waals surface area contributed by atoms with Crippen LogP contribution >= 0.6 is 0 Å². The molecule has 0 saturated heterocycles. The molecule has 0 aliphatic heterocycles. The first-order valence-corrected chi connectivity index (χ1v) is 10.4. The van der Waals surface area contributed by atoms with E-state index < -0.39 is 11.2 Å². The van der Waals surface area contributed by atoms with E-state index in [1.165, 1.54) is 0 Å². The van der Waals surface area contributed by atoms with E-state index in [1.54, 1.807) is 21.3 Å². The third-order valence-electron chi connectivity index (χ3n) is 5.78. The van der Waals surface area contributed by atoms with E-state index in [1.807, 2.05) is 74.5 Å². The second kappa shape index (κ2) is 8.25. The summed E-state index contributed by atoms with van der Waals surface area (Å²) in [7, 11) is 1.68. The highest BCUT2D eigenvalue weighted by atomic mass is 16.5. The minimum Gasteiger partial charge on any atom is -0.427 e. The summed E-state index contributed by atoms with van der Waals surface area (Å²) in [5.74, 6) is 0.682. The van der Waals surface area contributed by atoms with Crippen LogP contribution in [-0.4, -0.2) is 33.8 Å². The number of hydrogen-bond acceptors (Lipinski definition) is 4. The monoisotopic (exact) mass is 409 g/mol. The van der Waals surface area contributed by atoms with Crippen LogP contribution in [0.25, 0.3) is 33.5 Å². The van der Waals surface area contributed by atoms with Crippen LogP contribution in [0.15, 0.2) is 78.9 Å². The molecule has 0 aliphatic rings. The van der Waals surface area contributed by atoms with Crippen LogP contribution in [0.3, 0.4) is 0 Å². The highest BCUT2D eigenvalue weighted by Crippen LogP contribution is 2.29. The van der Waals surface area contributed by atoms with E-state index in [4.69, 9.17) is 14.6 Å². The second-order valence-corrected chi connectivity index (χ2v) is 8.71. The fraction of sp³-hybridized carbons (Fsp3) is 0.231. The summed E-state index contributed by atoms with van der Waals surface area (Å²) in [6, 6.07) is 26.2. The molecule has 0 aliphatic carbocycles. The zero-order valence-electron chi connectivity index (χ0n) is 18.3. The molecule has 4 rings (SSSR count). The first-order valence-electron chi connectivity index (χ1n) is 10.4. The molecule has 1 N–H and O–H groups in total. The third kappa shape index (κ3) is 4.53. The average Bonchev–Trinajstić information content (AvgIpc) is 2.77. The largest absolute Gasteiger partial charge is 0.427 e. The first kappa shape index (κ1) is 21.2. The minimum absolute atomic E-state index is 0.682. The molecule has 4 nitrogen and oxygen atoms in total. The molecule has 0 unspecified atom stereocenters. The van der Waals surface area contributed by atoms with Gasteiger partial charge in [-0.2, -0.15) is 0 Å². The number of aliphatic hydroxyl groups is 1. The minimum atomic E-state index is -0.962. The van der Waals surface area contributed by atoms with Crippen molar-refractivity contribution in [2.45, 2.75) is 38.9 Å². The van der Waals surface area contributed by atoms with Crippen LogP contribution in [-0.2, 0) is 4.65 Å². The van der Waals surface area contributed by atoms with Crippen LogP contribution in [0.1, 0.15) is 27.7 Å². The summed E-state index contributed by atoms with van der Waals surface area (Å²) in [4.78, 5) is 9.70. The first-order chi connectivity index (χ1) is 14.7. The van der Waals surface area contributed by atoms with Gasteiger partial charge in [0.2, 0.25) is 0 Å². The number of fused-ring (bicyclic) bond motifs is 1. The number of hydrogen-bond donors (Lipinski definition) is 1. The van der Waals surface area contributed by atoms with Crippen molar-refractivity contribution in [3.05, 3.63) is 78.9 Å². The van der Waals surface area contributed by atoms with Crippen molar-refractivity contribution in [2.24, 2.45) is 0 Å². The van der Waals surface area contributed by atoms with E-state index in [0.29, 0.717) is 5.82 Å². The maximum atomic E-state index is 10.3. The molecule has 0 atom stereocenters. The maximum Gasteiger partial charge on any atom is 0.330 e. The van der Waals surface area contributed by atoms with Crippen LogP contribution in [0.2, 0.25) is 0 Å². The summed E-state index contributed by atoms with van der Waals surface area (Å²) in [6.07, 6.45) is 0. The molecule has 0 bridgehead atoms. The van der Waals surface area contributed by atoms with Gasteiger partial charge >= 0.3 is 7.48 Å². The highest BCUT2D eigenvalue weighted by Gasteiger charge is 2.35. The fourth-order valence-electron chi connectivity index (χ4n) is 3.09. The van der Waals surface area contributed by atoms with Gasteiger partial charge in [-0.3, -0.25) is 0 Å². The van der Waals surface area contributed by atoms with Crippen LogP contribution in [0, 0.1) is 0 Å². The Kier molecular flexibility index (Phi) is 5.65. The molecule has 1 aromatic heterocycles. The Morgan fingerprint density at radius 2 is 1.39 bits per heavy atom. The molecule has 3 aromatic carbocycles. The molecule has 0 spiro atoms. The summed E-state index contributed by atoms with van der Waals surface area (Å²) in [5.41, 5.74) is 3.07. The molecule has 155 valence electrons. The maximum absolute atomic E-state index is 10.3. The standard InChI is InChI=1S/C26H26BN2O2/c1-25(2,30)26(3,4)31-27-20-16-14-19(15-17-20)24-28-22-13-9-8-12-21(22)23(29-24)18-10-6-5-7-11-18/h5-17,30H,1-4H3. The van der Waals surface area contributed by atoms with Crippen molar-refractivity contribution >= 4 is 23.8 Å². The predicted molar refractivity (Wildman–Crippen MR) is 127 cm³/mol. The zero-order valence-corrected chi connectivity index (χ0v) is 18.3. The fourth-order valence-corrected chi connectivity index (χ4v) is 3.09. The molecule has 1 radical (unpaired) electrons. The Hall–Kier alpha value is -3.02. The van der Waals surface area contributed by atoms with Gasteiger partial charge in [-0.25, -0.2) is 9.97 Å². The SMILES string of the molecule is CC(C)(O)C(C)(C)O[B]c1ccc(-c2nc(-c3ccccc3)c3ccccc3n2)cc1. The van der Waals surface area contributed by atoms with Gasteiger partial charge in [-0.1, -0.05) is 78.3 Å². The van der Waals surface area contributed by atoms with E-state index >= 15 is 0 Å². The Balaban J connectivity index is 1.65. The van der Waals surface area contributed by atoms with Crippen molar-refractivity contribution in [3.63, 3.8) is 0 Å². The van der Waals surface area contributed by atoms with E-state index in [-0.39, 0.29) is 0 Å². The lowest BCUT2D eigenvalue weighted by molar-refractivity contribution is -0.0893. The molecule has 0 amide bonds. The van der Waals surface area contributed by atoms with Crippen LogP contribution < -0.4 is 5.46 Å². The van der Waals surface area contributed by atoms with Crippen LogP contribution in [0.5, 0.6) is 0 Å². The van der Waals surface area contributed by atoms with Crippen molar-refractivity contribution in [2.75, 3.05) is 0 Å². The van der Waals surface area contributed by atoms with Gasteiger partial charge in [0.1, 0.15) is 0 Å². The van der Waals surface area contributed by atoms with Crippen molar-refractivity contribution < 1.29 is 9.76 Å². The van der Waals surface area contributed by atoms with Gasteiger partial charge in [-0.05, 0) is 33.8 Å². The summed E-state index contributed by atoms with van der Waals surface area (Å²) in [5, 5.41) is 11.3. The predicted octanol–water partition coefficient (Wildman–Crippen LogP) is 4.77. The summed E-state index contributed by atoms with van der Waals surface area (Å²) >= 11 is 0. The molecular formula is C26H26BN2O2. The van der Waals surface area contributed by atoms with Crippen molar-refractivity contribution in [3.8, 4) is 22.6 Å². The van der Waals surface area contributed by atoms with E-state index in [0.717, 1.165) is 33.2 Å². The Bertz CT molecular complexity index is 1180. The van der Waals surface area contributed by atoms with Gasteiger partial charge in [0, 0.05) is 16.5 Å². The summed E-state index contributed by atoms with van der Waals surface area (Å²) in [6.45, 7) is 7.22. The number of nitrogens with zero attached hydrogens (tertiary/aromatic N) is 2. The van der Waals surface area contributed by atoms with Gasteiger partial charge in [0.25, 0.3) is 0 Å². The Labute approximate surface area is 184 Å². The van der Waals surface area contributed by atoms with E-state index in [2.05, 4.69) is 18.2 Å². The molecule has 0 saturated carbocycles. The topological polar surface area (TPSA) is 55.2 Å². The van der Waals surface area contributed by atoms with Crippen molar-refractivity contribution in [1.29, 1.82) is 0 Å². The van der Waals surface area contributed by atoms with Crippen LogP contribution in [0.4, 0.5) is 0 Å². The van der Waals surface area contributed by atoms with Gasteiger partial charge in [0.15, 0.2) is 5.82 Å². The molecule has 1 heterocycles. The smallest absolute Gasteiger partial charge is 0.330 e. The Morgan fingerprint density at radius 1 is 0.742 bits per heavy atom. The average molecular weight is 409 g/mol. The highest BCUT2D eigenvalue weighted by molar-refractivity contribution is 6.47. The lowest BCUT2D eigenvalue weighted by atomic mass is 9.82. The van der Waals surface area contributed by atoms with Gasteiger partial charge < -0.3 is 9.76 Å². The van der Waals surface area contributed by atoms with Gasteiger partial charge in [-0.15, -0.1) is 0 Å². The molecule has 31 heavy (non-hydrogen) atoms. The van der Waals surface area contributed by atoms with E-state index in [9.17, 15) is 5.11 Å². The quantitative estimate of drug-likeness (QED) is 0.466.